The van der Waals surface area contributed by atoms with Crippen LogP contribution in [0.1, 0.15) is 33.1 Å². The van der Waals surface area contributed by atoms with Gasteiger partial charge < -0.3 is 5.11 Å². The molecule has 2 bridgehead atoms. The van der Waals surface area contributed by atoms with Crippen molar-refractivity contribution in [3.8, 4) is 0 Å². The third-order valence-electron chi connectivity index (χ3n) is 3.91. The monoisotopic (exact) mass is 140 g/mol. The van der Waals surface area contributed by atoms with Gasteiger partial charge in [-0.1, -0.05) is 13.8 Å². The van der Waals surface area contributed by atoms with Crippen LogP contribution >= 0.6 is 0 Å². The summed E-state index contributed by atoms with van der Waals surface area (Å²) in [6.07, 6.45) is 3.89. The molecule has 1 nitrogen and oxygen atoms in total. The first kappa shape index (κ1) is 6.66. The number of aliphatic hydroxyl groups excluding tert-OH is 1. The lowest BCUT2D eigenvalue weighted by atomic mass is 9.77. The van der Waals surface area contributed by atoms with Gasteiger partial charge in [0.25, 0.3) is 0 Å². The molecule has 0 saturated heterocycles. The smallest absolute Gasteiger partial charge is 0.0599 e. The summed E-state index contributed by atoms with van der Waals surface area (Å²) in [7, 11) is 0. The molecule has 0 radical (unpaired) electrons. The van der Waals surface area contributed by atoms with Crippen LogP contribution in [-0.2, 0) is 0 Å². The topological polar surface area (TPSA) is 20.2 Å². The molecule has 0 aromatic rings. The van der Waals surface area contributed by atoms with Gasteiger partial charge in [0.15, 0.2) is 0 Å². The van der Waals surface area contributed by atoms with Crippen LogP contribution in [0.2, 0.25) is 0 Å². The molecular formula is C9H16O. The molecule has 2 saturated carbocycles. The molecule has 2 rings (SSSR count). The Bertz CT molecular complexity index is 155. The minimum absolute atomic E-state index is 0.0127. The molecule has 2 aliphatic carbocycles. The Kier molecular flexibility index (Phi) is 1.17. The highest BCUT2D eigenvalue weighted by Crippen LogP contribution is 2.56. The molecule has 4 atom stereocenters. The van der Waals surface area contributed by atoms with E-state index in [4.69, 9.17) is 0 Å². The maximum Gasteiger partial charge on any atom is 0.0599 e. The Morgan fingerprint density at radius 1 is 1.50 bits per heavy atom. The van der Waals surface area contributed by atoms with E-state index in [2.05, 4.69) is 13.8 Å². The summed E-state index contributed by atoms with van der Waals surface area (Å²) in [5.41, 5.74) is 0.490. The molecule has 2 unspecified atom stereocenters. The van der Waals surface area contributed by atoms with E-state index in [1.807, 2.05) is 0 Å². The maximum absolute atomic E-state index is 9.65. The highest BCUT2D eigenvalue weighted by molar-refractivity contribution is 5.02. The zero-order valence-electron chi connectivity index (χ0n) is 6.80. The van der Waals surface area contributed by atoms with Crippen molar-refractivity contribution in [2.75, 3.05) is 0 Å². The fourth-order valence-corrected chi connectivity index (χ4v) is 2.84. The molecule has 2 aliphatic rings. The second-order valence-corrected chi connectivity index (χ2v) is 4.44. The van der Waals surface area contributed by atoms with E-state index in [0.29, 0.717) is 17.3 Å². The van der Waals surface area contributed by atoms with Crippen molar-refractivity contribution in [1.82, 2.24) is 0 Å². The quantitative estimate of drug-likeness (QED) is 0.544. The molecule has 2 fully saturated rings. The number of aliphatic hydroxyl groups is 1. The lowest BCUT2D eigenvalue weighted by Gasteiger charge is -2.31. The molecule has 0 heterocycles. The second-order valence-electron chi connectivity index (χ2n) is 4.44. The summed E-state index contributed by atoms with van der Waals surface area (Å²) in [5.74, 6) is 1.19. The van der Waals surface area contributed by atoms with E-state index in [0.717, 1.165) is 0 Å². The predicted molar refractivity (Wildman–Crippen MR) is 40.6 cm³/mol. The van der Waals surface area contributed by atoms with Gasteiger partial charge in [-0.25, -0.2) is 0 Å². The minimum Gasteiger partial charge on any atom is -0.393 e. The van der Waals surface area contributed by atoms with Crippen molar-refractivity contribution in [1.29, 1.82) is 0 Å². The Hall–Kier alpha value is -0.0400. The van der Waals surface area contributed by atoms with Crippen molar-refractivity contribution in [3.05, 3.63) is 0 Å². The molecule has 0 aromatic heterocycles. The molecule has 0 spiro atoms. The largest absolute Gasteiger partial charge is 0.393 e. The zero-order valence-corrected chi connectivity index (χ0v) is 6.80. The van der Waals surface area contributed by atoms with E-state index in [1.165, 1.54) is 19.3 Å². The summed E-state index contributed by atoms with van der Waals surface area (Å²) < 4.78 is 0. The summed E-state index contributed by atoms with van der Waals surface area (Å²) in [5, 5.41) is 9.65. The van der Waals surface area contributed by atoms with Crippen LogP contribution < -0.4 is 0 Å². The van der Waals surface area contributed by atoms with Crippen molar-refractivity contribution >= 4 is 0 Å². The Balaban J connectivity index is 2.25. The van der Waals surface area contributed by atoms with Gasteiger partial charge in [-0.2, -0.15) is 0 Å². The second kappa shape index (κ2) is 1.76. The van der Waals surface area contributed by atoms with Gasteiger partial charge in [0.2, 0.25) is 0 Å². The molecule has 1 heteroatoms. The van der Waals surface area contributed by atoms with Gasteiger partial charge in [-0.15, -0.1) is 0 Å². The standard InChI is InChI=1S/C9H16O/c1-6-8(10)7-3-4-9(6,2)5-7/h6-8,10H,3-5H2,1-2H3/t6-,7?,8+,9?/m0/s1. The number of fused-ring (bicyclic) bond motifs is 2. The van der Waals surface area contributed by atoms with Crippen LogP contribution in [0.4, 0.5) is 0 Å². The zero-order chi connectivity index (χ0) is 7.35. The van der Waals surface area contributed by atoms with Crippen molar-refractivity contribution in [2.24, 2.45) is 17.3 Å². The molecular weight excluding hydrogens is 124 g/mol. The van der Waals surface area contributed by atoms with Crippen LogP contribution in [0.15, 0.2) is 0 Å². The van der Waals surface area contributed by atoms with Crippen LogP contribution in [0.5, 0.6) is 0 Å². The van der Waals surface area contributed by atoms with Crippen LogP contribution in [-0.4, -0.2) is 11.2 Å². The van der Waals surface area contributed by atoms with Crippen molar-refractivity contribution in [3.63, 3.8) is 0 Å². The third kappa shape index (κ3) is 0.619. The molecule has 58 valence electrons. The normalized spacial score (nSPS) is 59.7. The van der Waals surface area contributed by atoms with Crippen molar-refractivity contribution in [2.45, 2.75) is 39.2 Å². The highest BCUT2D eigenvalue weighted by Gasteiger charge is 2.52. The first-order valence-corrected chi connectivity index (χ1v) is 4.31. The number of rotatable bonds is 0. The Labute approximate surface area is 62.4 Å². The molecule has 0 amide bonds. The third-order valence-corrected chi connectivity index (χ3v) is 3.91. The lowest BCUT2D eigenvalue weighted by molar-refractivity contribution is 0.0432. The van der Waals surface area contributed by atoms with Gasteiger partial charge in [-0.05, 0) is 36.5 Å². The van der Waals surface area contributed by atoms with Gasteiger partial charge >= 0.3 is 0 Å². The van der Waals surface area contributed by atoms with Crippen molar-refractivity contribution < 1.29 is 5.11 Å². The first-order chi connectivity index (χ1) is 4.63. The van der Waals surface area contributed by atoms with Gasteiger partial charge in [0.05, 0.1) is 6.10 Å². The molecule has 0 aromatic carbocycles. The molecule has 10 heavy (non-hydrogen) atoms. The van der Waals surface area contributed by atoms with E-state index >= 15 is 0 Å². The van der Waals surface area contributed by atoms with E-state index in [9.17, 15) is 5.11 Å². The summed E-state index contributed by atoms with van der Waals surface area (Å²) in [4.78, 5) is 0. The van der Waals surface area contributed by atoms with Gasteiger partial charge in [-0.3, -0.25) is 0 Å². The van der Waals surface area contributed by atoms with E-state index in [-0.39, 0.29) is 6.10 Å². The fourth-order valence-electron chi connectivity index (χ4n) is 2.84. The highest BCUT2D eigenvalue weighted by atomic mass is 16.3. The SMILES string of the molecule is C[C@H]1[C@@H](O)C2CCC1(C)C2. The summed E-state index contributed by atoms with van der Waals surface area (Å²) in [6, 6.07) is 0. The summed E-state index contributed by atoms with van der Waals surface area (Å²) in [6.45, 7) is 4.53. The predicted octanol–water partition coefficient (Wildman–Crippen LogP) is 1.80. The maximum atomic E-state index is 9.65. The molecule has 1 N–H and O–H groups in total. The fraction of sp³-hybridized carbons (Fsp3) is 1.00. The average Bonchev–Trinajstić information content (AvgIpc) is 2.35. The minimum atomic E-state index is 0.0127. The molecule has 0 aliphatic heterocycles. The van der Waals surface area contributed by atoms with E-state index in [1.54, 1.807) is 0 Å². The summed E-state index contributed by atoms with van der Waals surface area (Å²) >= 11 is 0. The van der Waals surface area contributed by atoms with Crippen LogP contribution in [0.3, 0.4) is 0 Å². The number of hydrogen-bond donors (Lipinski definition) is 1. The Morgan fingerprint density at radius 3 is 2.50 bits per heavy atom. The van der Waals surface area contributed by atoms with E-state index < -0.39 is 0 Å². The van der Waals surface area contributed by atoms with Gasteiger partial charge in [0.1, 0.15) is 0 Å². The van der Waals surface area contributed by atoms with Crippen LogP contribution in [0.25, 0.3) is 0 Å². The average molecular weight is 140 g/mol. The van der Waals surface area contributed by atoms with Gasteiger partial charge in [0, 0.05) is 0 Å². The number of hydrogen-bond acceptors (Lipinski definition) is 1. The Morgan fingerprint density at radius 2 is 2.20 bits per heavy atom. The lowest BCUT2D eigenvalue weighted by Crippen LogP contribution is -2.29. The van der Waals surface area contributed by atoms with Crippen LogP contribution in [0, 0.1) is 17.3 Å². The first-order valence-electron chi connectivity index (χ1n) is 4.31.